The van der Waals surface area contributed by atoms with E-state index in [0.717, 1.165) is 28.1 Å². The maximum absolute atomic E-state index is 13.5. The molecule has 0 amide bonds. The Morgan fingerprint density at radius 2 is 2.05 bits per heavy atom. The molecular formula is C15H15FN2OS. The van der Waals surface area contributed by atoms with Crippen LogP contribution in [-0.4, -0.2) is 9.55 Å². The topological polar surface area (TPSA) is 33.9 Å². The minimum absolute atomic E-state index is 0.0181. The van der Waals surface area contributed by atoms with Gasteiger partial charge in [0.05, 0.1) is 17.1 Å². The molecule has 5 heteroatoms. The molecule has 2 heterocycles. The molecule has 0 saturated carbocycles. The van der Waals surface area contributed by atoms with Gasteiger partial charge in [-0.3, -0.25) is 0 Å². The summed E-state index contributed by atoms with van der Waals surface area (Å²) in [6.45, 7) is 5.88. The van der Waals surface area contributed by atoms with E-state index >= 15 is 0 Å². The van der Waals surface area contributed by atoms with E-state index in [1.807, 2.05) is 31.4 Å². The fraction of sp³-hybridized carbons (Fsp3) is 0.267. The highest BCUT2D eigenvalue weighted by atomic mass is 32.1. The molecule has 0 spiro atoms. The number of nitrogens with zero attached hydrogens (tertiary/aromatic N) is 1. The standard InChI is InChI=1S/C15H15FN2OS/c1-8-6-12(10(3)19-8)9(2)18-14-7-11(16)4-5-13(14)17-15(18)20/h4-7,9H,1-3H3,(H,17,20). The van der Waals surface area contributed by atoms with E-state index in [2.05, 4.69) is 4.98 Å². The van der Waals surface area contributed by atoms with Crippen LogP contribution in [0.15, 0.2) is 28.7 Å². The van der Waals surface area contributed by atoms with E-state index in [1.54, 1.807) is 6.07 Å². The minimum Gasteiger partial charge on any atom is -0.466 e. The zero-order valence-electron chi connectivity index (χ0n) is 11.5. The molecule has 0 aliphatic carbocycles. The largest absolute Gasteiger partial charge is 0.466 e. The number of hydrogen-bond acceptors (Lipinski definition) is 2. The number of aromatic nitrogens is 2. The fourth-order valence-electron chi connectivity index (χ4n) is 2.68. The number of rotatable bonds is 2. The number of hydrogen-bond donors (Lipinski definition) is 1. The lowest BCUT2D eigenvalue weighted by Crippen LogP contribution is -2.07. The summed E-state index contributed by atoms with van der Waals surface area (Å²) in [6, 6.07) is 6.61. The van der Waals surface area contributed by atoms with E-state index in [9.17, 15) is 4.39 Å². The molecule has 0 aliphatic rings. The molecule has 3 rings (SSSR count). The molecule has 20 heavy (non-hydrogen) atoms. The Hall–Kier alpha value is -1.88. The number of H-pyrrole nitrogens is 1. The van der Waals surface area contributed by atoms with Crippen LogP contribution in [0.3, 0.4) is 0 Å². The summed E-state index contributed by atoms with van der Waals surface area (Å²) in [5.41, 5.74) is 2.66. The fourth-order valence-corrected chi connectivity index (χ4v) is 3.05. The van der Waals surface area contributed by atoms with Crippen molar-refractivity contribution < 1.29 is 8.81 Å². The van der Waals surface area contributed by atoms with Gasteiger partial charge < -0.3 is 14.0 Å². The molecule has 1 unspecified atom stereocenters. The molecule has 0 radical (unpaired) electrons. The van der Waals surface area contributed by atoms with E-state index in [1.165, 1.54) is 12.1 Å². The van der Waals surface area contributed by atoms with Gasteiger partial charge in [-0.15, -0.1) is 0 Å². The predicted octanol–water partition coefficient (Wildman–Crippen LogP) is 4.66. The van der Waals surface area contributed by atoms with E-state index in [-0.39, 0.29) is 11.9 Å². The van der Waals surface area contributed by atoms with Gasteiger partial charge in [-0.1, -0.05) is 0 Å². The van der Waals surface area contributed by atoms with Gasteiger partial charge in [-0.05, 0) is 57.3 Å². The molecule has 1 atom stereocenters. The lowest BCUT2D eigenvalue weighted by Gasteiger charge is -2.14. The van der Waals surface area contributed by atoms with Crippen LogP contribution < -0.4 is 0 Å². The van der Waals surface area contributed by atoms with Crippen LogP contribution in [-0.2, 0) is 0 Å². The number of aromatic amines is 1. The van der Waals surface area contributed by atoms with Gasteiger partial charge in [0.15, 0.2) is 4.77 Å². The molecule has 3 aromatic rings. The molecule has 104 valence electrons. The molecule has 0 fully saturated rings. The third-order valence-electron chi connectivity index (χ3n) is 3.60. The number of imidazole rings is 1. The van der Waals surface area contributed by atoms with Crippen molar-refractivity contribution in [2.45, 2.75) is 26.8 Å². The molecule has 0 aliphatic heterocycles. The first-order chi connectivity index (χ1) is 9.47. The molecule has 1 N–H and O–H groups in total. The predicted molar refractivity (Wildman–Crippen MR) is 79.1 cm³/mol. The van der Waals surface area contributed by atoms with Crippen molar-refractivity contribution in [3.63, 3.8) is 0 Å². The Labute approximate surface area is 121 Å². The van der Waals surface area contributed by atoms with Crippen molar-refractivity contribution in [2.75, 3.05) is 0 Å². The number of halogens is 1. The first-order valence-corrected chi connectivity index (χ1v) is 6.85. The first kappa shape index (κ1) is 13.1. The van der Waals surface area contributed by atoms with Gasteiger partial charge in [-0.2, -0.15) is 0 Å². The van der Waals surface area contributed by atoms with E-state index in [4.69, 9.17) is 16.6 Å². The van der Waals surface area contributed by atoms with Crippen LogP contribution in [0.25, 0.3) is 11.0 Å². The molecule has 0 bridgehead atoms. The molecule has 2 aromatic heterocycles. The summed E-state index contributed by atoms with van der Waals surface area (Å²) < 4.78 is 21.6. The summed E-state index contributed by atoms with van der Waals surface area (Å²) >= 11 is 5.38. The zero-order valence-corrected chi connectivity index (χ0v) is 12.3. The van der Waals surface area contributed by atoms with Crippen molar-refractivity contribution in [3.8, 4) is 0 Å². The highest BCUT2D eigenvalue weighted by molar-refractivity contribution is 7.71. The molecule has 0 saturated heterocycles. The third-order valence-corrected chi connectivity index (χ3v) is 3.90. The minimum atomic E-state index is -0.271. The number of nitrogens with one attached hydrogen (secondary N) is 1. The van der Waals surface area contributed by atoms with Crippen molar-refractivity contribution in [1.82, 2.24) is 9.55 Å². The normalized spacial score (nSPS) is 13.0. The van der Waals surface area contributed by atoms with Crippen molar-refractivity contribution in [1.29, 1.82) is 0 Å². The Balaban J connectivity index is 2.23. The first-order valence-electron chi connectivity index (χ1n) is 6.44. The van der Waals surface area contributed by atoms with E-state index in [0.29, 0.717) is 4.77 Å². The maximum Gasteiger partial charge on any atom is 0.178 e. The van der Waals surface area contributed by atoms with E-state index < -0.39 is 0 Å². The average molecular weight is 290 g/mol. The van der Waals surface area contributed by atoms with Gasteiger partial charge >= 0.3 is 0 Å². The van der Waals surface area contributed by atoms with Gasteiger partial charge in [0.2, 0.25) is 0 Å². The molecular weight excluding hydrogens is 275 g/mol. The van der Waals surface area contributed by atoms with Crippen LogP contribution in [0.5, 0.6) is 0 Å². The highest BCUT2D eigenvalue weighted by Crippen LogP contribution is 2.28. The SMILES string of the molecule is Cc1cc(C(C)n2c(=S)[nH]c3ccc(F)cc32)c(C)o1. The summed E-state index contributed by atoms with van der Waals surface area (Å²) in [4.78, 5) is 3.11. The summed E-state index contributed by atoms with van der Waals surface area (Å²) in [5.74, 6) is 1.46. The smallest absolute Gasteiger partial charge is 0.178 e. The quantitative estimate of drug-likeness (QED) is 0.697. The molecule has 3 nitrogen and oxygen atoms in total. The van der Waals surface area contributed by atoms with Crippen molar-refractivity contribution in [2.24, 2.45) is 0 Å². The lowest BCUT2D eigenvalue weighted by atomic mass is 10.1. The summed E-state index contributed by atoms with van der Waals surface area (Å²) in [6.07, 6.45) is 0. The van der Waals surface area contributed by atoms with Crippen molar-refractivity contribution >= 4 is 23.3 Å². The van der Waals surface area contributed by atoms with Crippen LogP contribution in [0.2, 0.25) is 0 Å². The molecule has 1 aromatic carbocycles. The highest BCUT2D eigenvalue weighted by Gasteiger charge is 2.18. The monoisotopic (exact) mass is 290 g/mol. The third kappa shape index (κ3) is 1.98. The second-order valence-electron chi connectivity index (χ2n) is 5.01. The second-order valence-corrected chi connectivity index (χ2v) is 5.39. The second kappa shape index (κ2) is 4.59. The van der Waals surface area contributed by atoms with Crippen LogP contribution in [0, 0.1) is 24.4 Å². The number of fused-ring (bicyclic) bond motifs is 1. The Morgan fingerprint density at radius 1 is 1.30 bits per heavy atom. The van der Waals surface area contributed by atoms with Gasteiger partial charge in [0.25, 0.3) is 0 Å². The number of furan rings is 1. The Morgan fingerprint density at radius 3 is 2.70 bits per heavy atom. The number of aryl methyl sites for hydroxylation is 2. The average Bonchev–Trinajstić information content (AvgIpc) is 2.87. The summed E-state index contributed by atoms with van der Waals surface area (Å²) in [5, 5.41) is 0. The zero-order chi connectivity index (χ0) is 14.4. The number of benzene rings is 1. The Bertz CT molecular complexity index is 843. The maximum atomic E-state index is 13.5. The summed E-state index contributed by atoms with van der Waals surface area (Å²) in [7, 11) is 0. The van der Waals surface area contributed by atoms with Crippen LogP contribution in [0.4, 0.5) is 4.39 Å². The Kier molecular flexibility index (Phi) is 3.01. The van der Waals surface area contributed by atoms with Gasteiger partial charge in [0, 0.05) is 5.56 Å². The van der Waals surface area contributed by atoms with Crippen LogP contribution >= 0.6 is 12.2 Å². The van der Waals surface area contributed by atoms with Crippen molar-refractivity contribution in [3.05, 3.63) is 51.9 Å². The van der Waals surface area contributed by atoms with Crippen LogP contribution in [0.1, 0.15) is 30.0 Å². The lowest BCUT2D eigenvalue weighted by molar-refractivity contribution is 0.495. The van der Waals surface area contributed by atoms with Gasteiger partial charge in [-0.25, -0.2) is 4.39 Å². The van der Waals surface area contributed by atoms with Gasteiger partial charge in [0.1, 0.15) is 17.3 Å².